The molecule has 1 aromatic rings. The van der Waals surface area contributed by atoms with Gasteiger partial charge in [-0.3, -0.25) is 15.0 Å². The summed E-state index contributed by atoms with van der Waals surface area (Å²) in [7, 11) is 0. The van der Waals surface area contributed by atoms with E-state index in [0.717, 1.165) is 5.56 Å². The number of hydrazine groups is 1. The van der Waals surface area contributed by atoms with E-state index < -0.39 is 12.0 Å². The van der Waals surface area contributed by atoms with Gasteiger partial charge in [-0.2, -0.15) is 0 Å². The molecule has 92 valence electrons. The first kappa shape index (κ1) is 13.0. The van der Waals surface area contributed by atoms with Crippen LogP contribution in [0.5, 0.6) is 5.75 Å². The van der Waals surface area contributed by atoms with E-state index in [2.05, 4.69) is 10.9 Å². The van der Waals surface area contributed by atoms with Gasteiger partial charge in [-0.1, -0.05) is 12.1 Å². The summed E-state index contributed by atoms with van der Waals surface area (Å²) < 4.78 is 0. The normalized spacial score (nSPS) is 11.8. The van der Waals surface area contributed by atoms with Gasteiger partial charge in [0.15, 0.2) is 0 Å². The van der Waals surface area contributed by atoms with Crippen LogP contribution in [0.1, 0.15) is 12.5 Å². The number of phenolic OH excluding ortho intramolecular Hbond substituents is 1. The molecule has 0 fully saturated rings. The summed E-state index contributed by atoms with van der Waals surface area (Å²) in [6.07, 6.45) is 0.204. The summed E-state index contributed by atoms with van der Waals surface area (Å²) in [6, 6.07) is 5.30. The van der Waals surface area contributed by atoms with Crippen molar-refractivity contribution in [3.8, 4) is 5.75 Å². The number of carbonyl (C=O) groups is 2. The van der Waals surface area contributed by atoms with Crippen molar-refractivity contribution in [3.05, 3.63) is 29.8 Å². The zero-order chi connectivity index (χ0) is 12.8. The van der Waals surface area contributed by atoms with Crippen molar-refractivity contribution in [3.63, 3.8) is 0 Å². The zero-order valence-electron chi connectivity index (χ0n) is 9.30. The second-order valence-corrected chi connectivity index (χ2v) is 3.59. The lowest BCUT2D eigenvalue weighted by atomic mass is 10.1. The van der Waals surface area contributed by atoms with Crippen LogP contribution in [0.3, 0.4) is 0 Å². The second kappa shape index (κ2) is 5.86. The molecule has 0 spiro atoms. The largest absolute Gasteiger partial charge is 0.508 e. The molecular weight excluding hydrogens is 224 g/mol. The van der Waals surface area contributed by atoms with Crippen LogP contribution < -0.4 is 10.9 Å². The molecule has 6 heteroatoms. The molecule has 0 aliphatic carbocycles. The van der Waals surface area contributed by atoms with E-state index in [4.69, 9.17) is 10.2 Å². The smallest absolute Gasteiger partial charge is 0.322 e. The predicted octanol–water partition coefficient (Wildman–Crippen LogP) is 0.0286. The van der Waals surface area contributed by atoms with Crippen molar-refractivity contribution in [2.75, 3.05) is 0 Å². The van der Waals surface area contributed by atoms with Gasteiger partial charge in [0.05, 0.1) is 0 Å². The number of carboxylic acids is 1. The fraction of sp³-hybridized carbons (Fsp3) is 0.273. The monoisotopic (exact) mass is 238 g/mol. The molecule has 1 aromatic carbocycles. The van der Waals surface area contributed by atoms with Crippen LogP contribution >= 0.6 is 0 Å². The van der Waals surface area contributed by atoms with Crippen molar-refractivity contribution in [1.29, 1.82) is 0 Å². The van der Waals surface area contributed by atoms with E-state index in [1.807, 2.05) is 0 Å². The van der Waals surface area contributed by atoms with Crippen molar-refractivity contribution in [2.45, 2.75) is 19.4 Å². The minimum atomic E-state index is -1.06. The molecule has 0 aromatic heterocycles. The van der Waals surface area contributed by atoms with E-state index in [9.17, 15) is 9.59 Å². The maximum absolute atomic E-state index is 10.9. The lowest BCUT2D eigenvalue weighted by Gasteiger charge is -2.14. The van der Waals surface area contributed by atoms with E-state index in [1.165, 1.54) is 19.1 Å². The Morgan fingerprint density at radius 2 is 1.88 bits per heavy atom. The van der Waals surface area contributed by atoms with Gasteiger partial charge in [0.1, 0.15) is 11.8 Å². The molecule has 1 amide bonds. The van der Waals surface area contributed by atoms with Crippen LogP contribution in [0.25, 0.3) is 0 Å². The number of hydrogen-bond donors (Lipinski definition) is 4. The minimum Gasteiger partial charge on any atom is -0.508 e. The Hall–Kier alpha value is -2.08. The number of aliphatic carboxylic acids is 1. The lowest BCUT2D eigenvalue weighted by Crippen LogP contribution is -2.48. The van der Waals surface area contributed by atoms with E-state index in [-0.39, 0.29) is 18.1 Å². The van der Waals surface area contributed by atoms with Gasteiger partial charge in [-0.25, -0.2) is 5.43 Å². The van der Waals surface area contributed by atoms with E-state index >= 15 is 0 Å². The van der Waals surface area contributed by atoms with Gasteiger partial charge in [0.25, 0.3) is 0 Å². The van der Waals surface area contributed by atoms with Crippen molar-refractivity contribution in [1.82, 2.24) is 10.9 Å². The molecule has 0 saturated carbocycles. The quantitative estimate of drug-likeness (QED) is 0.542. The minimum absolute atomic E-state index is 0.121. The Morgan fingerprint density at radius 1 is 1.29 bits per heavy atom. The molecule has 0 radical (unpaired) electrons. The maximum Gasteiger partial charge on any atom is 0.322 e. The standard InChI is InChI=1S/C11H14N2O4/c1-7(14)12-13-10(11(16)17)6-8-2-4-9(15)5-3-8/h2-5,10,13,15H,6H2,1H3,(H,12,14)(H,16,17)/t10-/m0/s1. The summed E-state index contributed by atoms with van der Waals surface area (Å²) in [6.45, 7) is 1.28. The Balaban J connectivity index is 2.63. The molecule has 0 unspecified atom stereocenters. The number of hydrogen-bond acceptors (Lipinski definition) is 4. The van der Waals surface area contributed by atoms with Crippen LogP contribution in [-0.4, -0.2) is 28.1 Å². The van der Waals surface area contributed by atoms with Crippen molar-refractivity contribution < 1.29 is 19.8 Å². The number of phenols is 1. The highest BCUT2D eigenvalue weighted by Gasteiger charge is 2.17. The predicted molar refractivity (Wildman–Crippen MR) is 60.2 cm³/mol. The zero-order valence-corrected chi connectivity index (χ0v) is 9.30. The first-order valence-electron chi connectivity index (χ1n) is 5.02. The lowest BCUT2D eigenvalue weighted by molar-refractivity contribution is -0.140. The molecule has 1 atom stereocenters. The Kier molecular flexibility index (Phi) is 4.47. The highest BCUT2D eigenvalue weighted by molar-refractivity contribution is 5.76. The van der Waals surface area contributed by atoms with E-state index in [1.54, 1.807) is 12.1 Å². The van der Waals surface area contributed by atoms with Crippen LogP contribution in [0.15, 0.2) is 24.3 Å². The molecule has 0 saturated heterocycles. The fourth-order valence-electron chi connectivity index (χ4n) is 1.26. The average Bonchev–Trinajstić information content (AvgIpc) is 2.26. The molecule has 0 bridgehead atoms. The molecule has 17 heavy (non-hydrogen) atoms. The summed E-state index contributed by atoms with van der Waals surface area (Å²) in [5, 5.41) is 18.0. The Morgan fingerprint density at radius 3 is 2.35 bits per heavy atom. The maximum atomic E-state index is 10.9. The second-order valence-electron chi connectivity index (χ2n) is 3.59. The molecule has 1 rings (SSSR count). The van der Waals surface area contributed by atoms with Crippen molar-refractivity contribution in [2.24, 2.45) is 0 Å². The molecule has 0 heterocycles. The molecule has 6 nitrogen and oxygen atoms in total. The van der Waals surface area contributed by atoms with E-state index in [0.29, 0.717) is 0 Å². The first-order valence-corrected chi connectivity index (χ1v) is 5.02. The third kappa shape index (κ3) is 4.52. The average molecular weight is 238 g/mol. The van der Waals surface area contributed by atoms with Gasteiger partial charge < -0.3 is 10.2 Å². The first-order chi connectivity index (χ1) is 7.99. The fourth-order valence-corrected chi connectivity index (χ4v) is 1.26. The summed E-state index contributed by atoms with van der Waals surface area (Å²) in [5.74, 6) is -1.30. The summed E-state index contributed by atoms with van der Waals surface area (Å²) in [4.78, 5) is 21.6. The number of nitrogens with one attached hydrogen (secondary N) is 2. The van der Waals surface area contributed by atoms with Crippen LogP contribution in [0.2, 0.25) is 0 Å². The highest BCUT2D eigenvalue weighted by Crippen LogP contribution is 2.11. The van der Waals surface area contributed by atoms with Crippen molar-refractivity contribution >= 4 is 11.9 Å². The third-order valence-corrected chi connectivity index (χ3v) is 2.10. The number of rotatable bonds is 5. The van der Waals surface area contributed by atoms with Gasteiger partial charge in [-0.15, -0.1) is 0 Å². The Labute approximate surface area is 98.2 Å². The number of carbonyl (C=O) groups excluding carboxylic acids is 1. The molecular formula is C11H14N2O4. The molecule has 0 aliphatic rings. The number of carboxylic acid groups (broad SMARTS) is 1. The van der Waals surface area contributed by atoms with Gasteiger partial charge >= 0.3 is 5.97 Å². The van der Waals surface area contributed by atoms with Crippen LogP contribution in [-0.2, 0) is 16.0 Å². The topological polar surface area (TPSA) is 98.7 Å². The van der Waals surface area contributed by atoms with Crippen LogP contribution in [0, 0.1) is 0 Å². The highest BCUT2D eigenvalue weighted by atomic mass is 16.4. The van der Waals surface area contributed by atoms with Gasteiger partial charge in [0.2, 0.25) is 5.91 Å². The van der Waals surface area contributed by atoms with Gasteiger partial charge in [0, 0.05) is 13.3 Å². The molecule has 0 aliphatic heterocycles. The number of aromatic hydroxyl groups is 1. The Bertz CT molecular complexity index is 402. The summed E-state index contributed by atoms with van der Waals surface area (Å²) >= 11 is 0. The third-order valence-electron chi connectivity index (χ3n) is 2.10. The summed E-state index contributed by atoms with van der Waals surface area (Å²) in [5.41, 5.74) is 5.40. The van der Waals surface area contributed by atoms with Gasteiger partial charge in [-0.05, 0) is 17.7 Å². The number of benzene rings is 1. The SMILES string of the molecule is CC(=O)NN[C@@H](Cc1ccc(O)cc1)C(=O)O. The molecule has 4 N–H and O–H groups in total. The van der Waals surface area contributed by atoms with Crippen LogP contribution in [0.4, 0.5) is 0 Å². The number of amides is 1.